The first-order valence-corrected chi connectivity index (χ1v) is 10.4. The number of carbonyl (C=O) groups is 2. The molecule has 2 N–H and O–H groups in total. The fraction of sp³-hybridized carbons (Fsp3) is 0.231. The van der Waals surface area contributed by atoms with Crippen molar-refractivity contribution in [1.82, 2.24) is 0 Å². The zero-order valence-electron chi connectivity index (χ0n) is 18.4. The highest BCUT2D eigenvalue weighted by atomic mass is 16.5. The molecule has 0 aromatic heterocycles. The van der Waals surface area contributed by atoms with E-state index in [2.05, 4.69) is 17.6 Å². The highest BCUT2D eigenvalue weighted by Crippen LogP contribution is 2.22. The summed E-state index contributed by atoms with van der Waals surface area (Å²) in [5.74, 6) is 0.105. The van der Waals surface area contributed by atoms with Crippen LogP contribution in [-0.4, -0.2) is 17.9 Å². The number of benzene rings is 3. The fourth-order valence-electron chi connectivity index (χ4n) is 3.21. The average molecular weight is 417 g/mol. The van der Waals surface area contributed by atoms with Crippen LogP contribution in [0, 0.1) is 13.8 Å². The van der Waals surface area contributed by atoms with E-state index in [9.17, 15) is 9.59 Å². The van der Waals surface area contributed by atoms with Crippen LogP contribution in [0.25, 0.3) is 0 Å². The number of hydrogen-bond acceptors (Lipinski definition) is 3. The molecule has 0 heterocycles. The monoisotopic (exact) mass is 416 g/mol. The van der Waals surface area contributed by atoms with Gasteiger partial charge in [0.15, 0.2) is 6.10 Å². The Morgan fingerprint density at radius 2 is 1.58 bits per heavy atom. The average Bonchev–Trinajstić information content (AvgIpc) is 2.77. The van der Waals surface area contributed by atoms with E-state index in [1.165, 1.54) is 0 Å². The fourth-order valence-corrected chi connectivity index (χ4v) is 3.21. The maximum atomic E-state index is 12.6. The molecule has 3 rings (SSSR count). The highest BCUT2D eigenvalue weighted by molar-refractivity contribution is 6.04. The molecule has 0 aliphatic rings. The van der Waals surface area contributed by atoms with Crippen molar-refractivity contribution in [2.24, 2.45) is 0 Å². The molecule has 0 fully saturated rings. The van der Waals surface area contributed by atoms with E-state index in [4.69, 9.17) is 4.74 Å². The Morgan fingerprint density at radius 3 is 2.23 bits per heavy atom. The van der Waals surface area contributed by atoms with Crippen LogP contribution in [0.1, 0.15) is 40.9 Å². The lowest BCUT2D eigenvalue weighted by Crippen LogP contribution is -2.30. The third-order valence-electron chi connectivity index (χ3n) is 5.10. The first-order chi connectivity index (χ1) is 14.9. The number of aryl methyl sites for hydroxylation is 3. The van der Waals surface area contributed by atoms with Gasteiger partial charge in [0, 0.05) is 16.9 Å². The SMILES string of the molecule is CCc1cccc(C)c1NC(=O)[C@@H](C)Oc1ccc(C(=O)Nc2ccc(C)cc2)cc1. The summed E-state index contributed by atoms with van der Waals surface area (Å²) in [6.45, 7) is 7.73. The molecule has 0 unspecified atom stereocenters. The summed E-state index contributed by atoms with van der Waals surface area (Å²) in [5.41, 5.74) is 5.33. The lowest BCUT2D eigenvalue weighted by molar-refractivity contribution is -0.122. The Hall–Kier alpha value is -3.60. The van der Waals surface area contributed by atoms with Crippen molar-refractivity contribution in [2.45, 2.75) is 40.2 Å². The van der Waals surface area contributed by atoms with Crippen LogP contribution in [0.2, 0.25) is 0 Å². The first kappa shape index (κ1) is 22.1. The number of amides is 2. The molecule has 0 radical (unpaired) electrons. The van der Waals surface area contributed by atoms with Crippen molar-refractivity contribution in [1.29, 1.82) is 0 Å². The maximum absolute atomic E-state index is 12.6. The van der Waals surface area contributed by atoms with Gasteiger partial charge in [-0.05, 0) is 74.7 Å². The van der Waals surface area contributed by atoms with Gasteiger partial charge < -0.3 is 15.4 Å². The van der Waals surface area contributed by atoms with Gasteiger partial charge in [0.05, 0.1) is 0 Å². The number of anilines is 2. The molecular formula is C26H28N2O3. The summed E-state index contributed by atoms with van der Waals surface area (Å²) >= 11 is 0. The molecule has 1 atom stereocenters. The second-order valence-corrected chi connectivity index (χ2v) is 7.56. The first-order valence-electron chi connectivity index (χ1n) is 10.4. The Morgan fingerprint density at radius 1 is 0.903 bits per heavy atom. The van der Waals surface area contributed by atoms with Crippen LogP contribution in [-0.2, 0) is 11.2 Å². The Bertz CT molecular complexity index is 1060. The lowest BCUT2D eigenvalue weighted by atomic mass is 10.1. The number of para-hydroxylation sites is 1. The molecule has 0 spiro atoms. The van der Waals surface area contributed by atoms with E-state index >= 15 is 0 Å². The molecule has 0 aliphatic heterocycles. The Balaban J connectivity index is 1.60. The van der Waals surface area contributed by atoms with Crippen molar-refractivity contribution >= 4 is 23.2 Å². The Labute approximate surface area is 183 Å². The lowest BCUT2D eigenvalue weighted by Gasteiger charge is -2.18. The topological polar surface area (TPSA) is 67.4 Å². The molecule has 5 nitrogen and oxygen atoms in total. The molecule has 160 valence electrons. The van der Waals surface area contributed by atoms with E-state index in [1.807, 2.05) is 56.3 Å². The normalized spacial score (nSPS) is 11.5. The van der Waals surface area contributed by atoms with Gasteiger partial charge in [0.1, 0.15) is 5.75 Å². The number of nitrogens with one attached hydrogen (secondary N) is 2. The largest absolute Gasteiger partial charge is 0.481 e. The molecule has 31 heavy (non-hydrogen) atoms. The van der Waals surface area contributed by atoms with Crippen LogP contribution in [0.4, 0.5) is 11.4 Å². The standard InChI is InChI=1S/C26H28N2O3/c1-5-20-8-6-7-18(3)24(20)28-25(29)19(4)31-23-15-11-21(12-16-23)26(30)27-22-13-9-17(2)10-14-22/h6-16,19H,5H2,1-4H3,(H,27,30)(H,28,29)/t19-/m1/s1. The van der Waals surface area contributed by atoms with Crippen molar-refractivity contribution in [2.75, 3.05) is 10.6 Å². The van der Waals surface area contributed by atoms with Crippen molar-refractivity contribution < 1.29 is 14.3 Å². The summed E-state index contributed by atoms with van der Waals surface area (Å²) in [6, 6.07) is 20.3. The van der Waals surface area contributed by atoms with Gasteiger partial charge >= 0.3 is 0 Å². The van der Waals surface area contributed by atoms with E-state index in [0.29, 0.717) is 11.3 Å². The van der Waals surface area contributed by atoms with E-state index in [1.54, 1.807) is 31.2 Å². The van der Waals surface area contributed by atoms with Gasteiger partial charge in [0.25, 0.3) is 11.8 Å². The van der Waals surface area contributed by atoms with Gasteiger partial charge in [0.2, 0.25) is 0 Å². The minimum absolute atomic E-state index is 0.201. The van der Waals surface area contributed by atoms with Gasteiger partial charge in [-0.3, -0.25) is 9.59 Å². The van der Waals surface area contributed by atoms with E-state index in [-0.39, 0.29) is 11.8 Å². The molecule has 5 heteroatoms. The van der Waals surface area contributed by atoms with Gasteiger partial charge in [-0.25, -0.2) is 0 Å². The van der Waals surface area contributed by atoms with Crippen LogP contribution in [0.3, 0.4) is 0 Å². The molecular weight excluding hydrogens is 388 g/mol. The predicted octanol–water partition coefficient (Wildman–Crippen LogP) is 5.52. The summed E-state index contributed by atoms with van der Waals surface area (Å²) in [4.78, 5) is 25.1. The number of ether oxygens (including phenoxy) is 1. The van der Waals surface area contributed by atoms with Crippen molar-refractivity contribution in [3.05, 3.63) is 89.0 Å². The summed E-state index contributed by atoms with van der Waals surface area (Å²) in [5, 5.41) is 5.85. The van der Waals surface area contributed by atoms with Crippen molar-refractivity contribution in [3.8, 4) is 5.75 Å². The molecule has 0 bridgehead atoms. The van der Waals surface area contributed by atoms with E-state index in [0.717, 1.165) is 34.5 Å². The highest BCUT2D eigenvalue weighted by Gasteiger charge is 2.17. The summed E-state index contributed by atoms with van der Waals surface area (Å²) in [7, 11) is 0. The summed E-state index contributed by atoms with van der Waals surface area (Å²) in [6.07, 6.45) is 0.148. The van der Waals surface area contributed by atoms with Crippen molar-refractivity contribution in [3.63, 3.8) is 0 Å². The van der Waals surface area contributed by atoms with Crippen LogP contribution >= 0.6 is 0 Å². The third kappa shape index (κ3) is 5.72. The molecule has 0 aliphatic carbocycles. The molecule has 2 amide bonds. The predicted molar refractivity (Wildman–Crippen MR) is 125 cm³/mol. The van der Waals surface area contributed by atoms with Crippen LogP contribution in [0.15, 0.2) is 66.7 Å². The second-order valence-electron chi connectivity index (χ2n) is 7.56. The Kier molecular flexibility index (Phi) is 7.08. The van der Waals surface area contributed by atoms with Gasteiger partial charge in [-0.2, -0.15) is 0 Å². The number of rotatable bonds is 7. The number of hydrogen-bond donors (Lipinski definition) is 2. The van der Waals surface area contributed by atoms with E-state index < -0.39 is 6.10 Å². The van der Waals surface area contributed by atoms with Gasteiger partial charge in [-0.1, -0.05) is 42.8 Å². The second kappa shape index (κ2) is 9.94. The number of carbonyl (C=O) groups excluding carboxylic acids is 2. The smallest absolute Gasteiger partial charge is 0.265 e. The molecule has 0 saturated heterocycles. The third-order valence-corrected chi connectivity index (χ3v) is 5.10. The molecule has 0 saturated carbocycles. The van der Waals surface area contributed by atoms with Crippen LogP contribution < -0.4 is 15.4 Å². The minimum Gasteiger partial charge on any atom is -0.481 e. The van der Waals surface area contributed by atoms with Gasteiger partial charge in [-0.15, -0.1) is 0 Å². The minimum atomic E-state index is -0.684. The molecule has 3 aromatic rings. The quantitative estimate of drug-likeness (QED) is 0.533. The molecule has 3 aromatic carbocycles. The summed E-state index contributed by atoms with van der Waals surface area (Å²) < 4.78 is 5.78. The zero-order valence-corrected chi connectivity index (χ0v) is 18.4. The van der Waals surface area contributed by atoms with Crippen LogP contribution in [0.5, 0.6) is 5.75 Å². The zero-order chi connectivity index (χ0) is 22.4. The maximum Gasteiger partial charge on any atom is 0.265 e.